The molecule has 0 atom stereocenters. The maximum atomic E-state index is 2.43. The van der Waals surface area contributed by atoms with Gasteiger partial charge in [-0.05, 0) is 117 Å². The second kappa shape index (κ2) is 12.7. The molecule has 0 saturated heterocycles. The van der Waals surface area contributed by atoms with Gasteiger partial charge in [-0.1, -0.05) is 182 Å². The van der Waals surface area contributed by atoms with Crippen LogP contribution in [0.2, 0.25) is 0 Å². The van der Waals surface area contributed by atoms with E-state index in [1.54, 1.807) is 0 Å². The van der Waals surface area contributed by atoms with Crippen LogP contribution in [0.3, 0.4) is 0 Å². The van der Waals surface area contributed by atoms with Crippen molar-refractivity contribution >= 4 is 85.4 Å². The van der Waals surface area contributed by atoms with Gasteiger partial charge in [-0.2, -0.15) is 0 Å². The molecule has 0 spiro atoms. The first kappa shape index (κ1) is 32.2. The van der Waals surface area contributed by atoms with Gasteiger partial charge in [0.15, 0.2) is 0 Å². The topological polar surface area (TPSA) is 0 Å². The number of fused-ring (bicyclic) bond motifs is 11. The molecule has 0 nitrogen and oxygen atoms in total. The molecule has 0 aliphatic heterocycles. The van der Waals surface area contributed by atoms with Crippen LogP contribution in [-0.4, -0.2) is 0 Å². The van der Waals surface area contributed by atoms with Gasteiger partial charge >= 0.3 is 0 Å². The lowest BCUT2D eigenvalue weighted by Crippen LogP contribution is -1.91. The standard InChI is InChI=1S/C56H34S/c1-2-20-41-35(14-1)15-13-29-42(41)38-17-12-19-40(33-38)54-48-26-8-6-24-46(48)53(47-25-7-9-27-49(47)54)39-18-11-16-36(32-39)37-30-31-52-51(34-37)55-45-23-5-3-21-43(45)44-22-4-10-28-50(44)56(55)57-52/h1-34H. The molecule has 1 heterocycles. The first-order valence-electron chi connectivity index (χ1n) is 19.7. The molecule has 0 saturated carbocycles. The molecular formula is C56H34S. The predicted octanol–water partition coefficient (Wildman–Crippen LogP) is 16.5. The third kappa shape index (κ3) is 4.99. The van der Waals surface area contributed by atoms with E-state index in [2.05, 4.69) is 206 Å². The summed E-state index contributed by atoms with van der Waals surface area (Å²) in [7, 11) is 0. The first-order chi connectivity index (χ1) is 28.3. The highest BCUT2D eigenvalue weighted by Gasteiger charge is 2.19. The highest BCUT2D eigenvalue weighted by atomic mass is 32.1. The minimum absolute atomic E-state index is 1.22. The Labute approximate surface area is 334 Å². The van der Waals surface area contributed by atoms with E-state index in [0.717, 1.165) is 0 Å². The minimum atomic E-state index is 1.22. The Morgan fingerprint density at radius 3 is 1.39 bits per heavy atom. The molecule has 0 unspecified atom stereocenters. The van der Waals surface area contributed by atoms with E-state index in [4.69, 9.17) is 0 Å². The van der Waals surface area contributed by atoms with Crippen LogP contribution in [-0.2, 0) is 0 Å². The lowest BCUT2D eigenvalue weighted by molar-refractivity contribution is 1.62. The predicted molar refractivity (Wildman–Crippen MR) is 249 cm³/mol. The Balaban J connectivity index is 1.05. The summed E-state index contributed by atoms with van der Waals surface area (Å²) < 4.78 is 2.69. The van der Waals surface area contributed by atoms with Crippen molar-refractivity contribution in [2.75, 3.05) is 0 Å². The number of hydrogen-bond acceptors (Lipinski definition) is 1. The van der Waals surface area contributed by atoms with Crippen molar-refractivity contribution in [2.24, 2.45) is 0 Å². The van der Waals surface area contributed by atoms with Gasteiger partial charge in [0.25, 0.3) is 0 Å². The van der Waals surface area contributed by atoms with E-state index in [9.17, 15) is 0 Å². The molecule has 264 valence electrons. The zero-order chi connectivity index (χ0) is 37.5. The molecule has 0 radical (unpaired) electrons. The van der Waals surface area contributed by atoms with Crippen LogP contribution in [0.15, 0.2) is 206 Å². The molecule has 0 N–H and O–H groups in total. The fraction of sp³-hybridized carbons (Fsp3) is 0. The second-order valence-electron chi connectivity index (χ2n) is 15.1. The summed E-state index contributed by atoms with van der Waals surface area (Å²) in [6.07, 6.45) is 0. The van der Waals surface area contributed by atoms with E-state index in [1.165, 1.54) is 119 Å². The summed E-state index contributed by atoms with van der Waals surface area (Å²) in [4.78, 5) is 0. The van der Waals surface area contributed by atoms with Crippen molar-refractivity contribution in [1.82, 2.24) is 0 Å². The van der Waals surface area contributed by atoms with Crippen molar-refractivity contribution in [3.8, 4) is 44.5 Å². The molecule has 0 fully saturated rings. The van der Waals surface area contributed by atoms with Crippen molar-refractivity contribution in [1.29, 1.82) is 0 Å². The van der Waals surface area contributed by atoms with Gasteiger partial charge in [-0.15, -0.1) is 11.3 Å². The minimum Gasteiger partial charge on any atom is -0.135 e. The highest BCUT2D eigenvalue weighted by Crippen LogP contribution is 2.47. The summed E-state index contributed by atoms with van der Waals surface area (Å²) in [6.45, 7) is 0. The van der Waals surface area contributed by atoms with Crippen molar-refractivity contribution in [3.05, 3.63) is 206 Å². The van der Waals surface area contributed by atoms with Gasteiger partial charge in [-0.25, -0.2) is 0 Å². The Kier molecular flexibility index (Phi) is 7.20. The van der Waals surface area contributed by atoms with Crippen molar-refractivity contribution < 1.29 is 0 Å². The van der Waals surface area contributed by atoms with Crippen LogP contribution >= 0.6 is 11.3 Å². The summed E-state index contributed by atoms with van der Waals surface area (Å²) in [5.74, 6) is 0. The molecule has 1 aromatic heterocycles. The number of benzene rings is 11. The third-order valence-corrected chi connectivity index (χ3v) is 13.2. The summed E-state index contributed by atoms with van der Waals surface area (Å²) in [5.41, 5.74) is 9.94. The van der Waals surface area contributed by atoms with E-state index in [-0.39, 0.29) is 0 Å². The Hall–Kier alpha value is -7.06. The summed E-state index contributed by atoms with van der Waals surface area (Å²) in [6, 6.07) is 76.4. The molecule has 1 heteroatoms. The van der Waals surface area contributed by atoms with E-state index >= 15 is 0 Å². The lowest BCUT2D eigenvalue weighted by Gasteiger charge is -2.19. The molecule has 12 aromatic rings. The first-order valence-corrected chi connectivity index (χ1v) is 20.5. The molecule has 0 bridgehead atoms. The number of rotatable bonds is 4. The molecule has 0 amide bonds. The zero-order valence-electron chi connectivity index (χ0n) is 31.0. The maximum absolute atomic E-state index is 2.43. The average Bonchev–Trinajstić information content (AvgIpc) is 3.68. The maximum Gasteiger partial charge on any atom is 0.0440 e. The Morgan fingerprint density at radius 2 is 0.719 bits per heavy atom. The monoisotopic (exact) mass is 738 g/mol. The van der Waals surface area contributed by atoms with Gasteiger partial charge in [-0.3, -0.25) is 0 Å². The van der Waals surface area contributed by atoms with Crippen molar-refractivity contribution in [3.63, 3.8) is 0 Å². The summed E-state index contributed by atoms with van der Waals surface area (Å²) in [5, 5.41) is 15.6. The highest BCUT2D eigenvalue weighted by molar-refractivity contribution is 7.27. The number of thiophene rings is 1. The van der Waals surface area contributed by atoms with E-state index < -0.39 is 0 Å². The van der Waals surface area contributed by atoms with E-state index in [1.807, 2.05) is 11.3 Å². The van der Waals surface area contributed by atoms with Gasteiger partial charge in [0.2, 0.25) is 0 Å². The smallest absolute Gasteiger partial charge is 0.0440 e. The number of hydrogen-bond donors (Lipinski definition) is 0. The second-order valence-corrected chi connectivity index (χ2v) is 16.2. The van der Waals surface area contributed by atoms with Gasteiger partial charge < -0.3 is 0 Å². The van der Waals surface area contributed by atoms with Crippen LogP contribution in [0.1, 0.15) is 0 Å². The normalized spacial score (nSPS) is 11.9. The largest absolute Gasteiger partial charge is 0.135 e. The van der Waals surface area contributed by atoms with Crippen LogP contribution in [0.4, 0.5) is 0 Å². The molecule has 0 aliphatic rings. The third-order valence-electron chi connectivity index (χ3n) is 12.0. The molecular weight excluding hydrogens is 705 g/mol. The quantitative estimate of drug-likeness (QED) is 0.125. The fourth-order valence-electron chi connectivity index (χ4n) is 9.51. The molecule has 57 heavy (non-hydrogen) atoms. The SMILES string of the molecule is c1cc(-c2ccc3sc4c5ccccc5c5ccccc5c4c3c2)cc(-c2c3ccccc3c(-c3cccc(-c4cccc5ccccc45)c3)c3ccccc23)c1. The molecule has 12 rings (SSSR count). The lowest BCUT2D eigenvalue weighted by atomic mass is 9.84. The Morgan fingerprint density at radius 1 is 0.263 bits per heavy atom. The molecule has 11 aromatic carbocycles. The van der Waals surface area contributed by atoms with Crippen LogP contribution < -0.4 is 0 Å². The average molecular weight is 739 g/mol. The fourth-order valence-corrected chi connectivity index (χ4v) is 10.7. The van der Waals surface area contributed by atoms with Crippen molar-refractivity contribution in [2.45, 2.75) is 0 Å². The molecule has 0 aliphatic carbocycles. The summed E-state index contributed by atoms with van der Waals surface area (Å²) >= 11 is 1.91. The van der Waals surface area contributed by atoms with Crippen LogP contribution in [0.25, 0.3) is 119 Å². The Bertz CT molecular complexity index is 3520. The zero-order valence-corrected chi connectivity index (χ0v) is 31.9. The van der Waals surface area contributed by atoms with Gasteiger partial charge in [0.1, 0.15) is 0 Å². The van der Waals surface area contributed by atoms with Crippen LogP contribution in [0.5, 0.6) is 0 Å². The van der Waals surface area contributed by atoms with Gasteiger partial charge in [0, 0.05) is 25.6 Å². The van der Waals surface area contributed by atoms with Crippen LogP contribution in [0, 0.1) is 0 Å². The van der Waals surface area contributed by atoms with Gasteiger partial charge in [0.05, 0.1) is 0 Å². The van der Waals surface area contributed by atoms with E-state index in [0.29, 0.717) is 0 Å².